The van der Waals surface area contributed by atoms with Crippen molar-refractivity contribution < 1.29 is 0 Å². The summed E-state index contributed by atoms with van der Waals surface area (Å²) in [6, 6.07) is 5.78. The minimum Gasteiger partial charge on any atom is -0.365 e. The largest absolute Gasteiger partial charge is 0.365 e. The molecule has 86 valence electrons. The molecule has 6 heteroatoms. The first-order chi connectivity index (χ1) is 8.28. The zero-order chi connectivity index (χ0) is 12.1. The van der Waals surface area contributed by atoms with Crippen LogP contribution in [0.5, 0.6) is 0 Å². The minimum absolute atomic E-state index is 0.508. The number of thiophene rings is 1. The molecule has 0 atom stereocenters. The second-order valence-corrected chi connectivity index (χ2v) is 4.39. The van der Waals surface area contributed by atoms with Gasteiger partial charge >= 0.3 is 0 Å². The Balaban J connectivity index is 2.07. The number of anilines is 2. The summed E-state index contributed by atoms with van der Waals surface area (Å²) in [4.78, 5) is 9.57. The summed E-state index contributed by atoms with van der Waals surface area (Å²) in [6.07, 6.45) is 1.84. The van der Waals surface area contributed by atoms with Crippen LogP contribution in [0.3, 0.4) is 0 Å². The molecule has 2 heterocycles. The molecule has 2 aromatic heterocycles. The van der Waals surface area contributed by atoms with Crippen LogP contribution in [-0.4, -0.2) is 9.97 Å². The van der Waals surface area contributed by atoms with Crippen LogP contribution in [0.2, 0.25) is 0 Å². The second kappa shape index (κ2) is 5.27. The highest BCUT2D eigenvalue weighted by molar-refractivity contribution is 7.09. The van der Waals surface area contributed by atoms with Gasteiger partial charge in [0.2, 0.25) is 0 Å². The van der Waals surface area contributed by atoms with Gasteiger partial charge in [-0.05, 0) is 18.4 Å². The third-order valence-electron chi connectivity index (χ3n) is 2.05. The average molecular weight is 245 g/mol. The van der Waals surface area contributed by atoms with Crippen molar-refractivity contribution in [2.45, 2.75) is 13.5 Å². The lowest BCUT2D eigenvalue weighted by Gasteiger charge is -2.06. The summed E-state index contributed by atoms with van der Waals surface area (Å²) < 4.78 is 0. The van der Waals surface area contributed by atoms with Crippen molar-refractivity contribution in [1.82, 2.24) is 9.97 Å². The number of aromatic nitrogens is 2. The van der Waals surface area contributed by atoms with Crippen LogP contribution in [-0.2, 0) is 6.54 Å². The van der Waals surface area contributed by atoms with Gasteiger partial charge in [-0.2, -0.15) is 5.26 Å². The fraction of sp³-hybridized carbons (Fsp3) is 0.182. The van der Waals surface area contributed by atoms with Crippen LogP contribution in [0.4, 0.5) is 11.6 Å². The van der Waals surface area contributed by atoms with Gasteiger partial charge in [0.25, 0.3) is 0 Å². The van der Waals surface area contributed by atoms with Crippen molar-refractivity contribution in [1.29, 1.82) is 5.26 Å². The van der Waals surface area contributed by atoms with Gasteiger partial charge in [0.05, 0.1) is 6.54 Å². The van der Waals surface area contributed by atoms with E-state index in [1.165, 1.54) is 4.88 Å². The maximum absolute atomic E-state index is 8.54. The molecule has 5 nitrogen and oxygen atoms in total. The summed E-state index contributed by atoms with van der Waals surface area (Å²) in [5.74, 6) is 1.84. The van der Waals surface area contributed by atoms with Crippen LogP contribution in [0.25, 0.3) is 0 Å². The number of rotatable bonds is 4. The number of hydrogen-bond donors (Lipinski definition) is 2. The highest BCUT2D eigenvalue weighted by atomic mass is 32.1. The van der Waals surface area contributed by atoms with Gasteiger partial charge in [-0.25, -0.2) is 9.97 Å². The summed E-state index contributed by atoms with van der Waals surface area (Å²) in [6.45, 7) is 2.51. The van der Waals surface area contributed by atoms with Crippen molar-refractivity contribution in [2.24, 2.45) is 0 Å². The number of nitrogens with one attached hydrogen (secondary N) is 2. The van der Waals surface area contributed by atoms with Crippen LogP contribution in [0.1, 0.15) is 10.7 Å². The molecule has 17 heavy (non-hydrogen) atoms. The van der Waals surface area contributed by atoms with Gasteiger partial charge in [-0.1, -0.05) is 6.07 Å². The molecule has 0 aliphatic heterocycles. The fourth-order valence-electron chi connectivity index (χ4n) is 1.37. The normalized spacial score (nSPS) is 9.65. The first-order valence-electron chi connectivity index (χ1n) is 5.05. The highest BCUT2D eigenvalue weighted by Gasteiger charge is 2.01. The van der Waals surface area contributed by atoms with Gasteiger partial charge in [-0.3, -0.25) is 5.32 Å². The lowest BCUT2D eigenvalue weighted by atomic mass is 10.4. The van der Waals surface area contributed by atoms with E-state index in [-0.39, 0.29) is 0 Å². The van der Waals surface area contributed by atoms with Crippen LogP contribution in [0.15, 0.2) is 23.6 Å². The Morgan fingerprint density at radius 3 is 2.94 bits per heavy atom. The number of aryl methyl sites for hydroxylation is 1. The molecule has 0 fully saturated rings. The molecule has 0 radical (unpaired) electrons. The maximum atomic E-state index is 8.54. The molecule has 2 aromatic rings. The van der Waals surface area contributed by atoms with Crippen molar-refractivity contribution in [3.8, 4) is 6.19 Å². The molecule has 0 saturated carbocycles. The zero-order valence-electron chi connectivity index (χ0n) is 9.27. The monoisotopic (exact) mass is 245 g/mol. The highest BCUT2D eigenvalue weighted by Crippen LogP contribution is 2.14. The Morgan fingerprint density at radius 2 is 2.24 bits per heavy atom. The standard InChI is InChI=1S/C11H11N5S/c1-8-15-10(5-11(16-8)14-7-12)13-6-9-3-2-4-17-9/h2-5H,6H2,1H3,(H2,13,14,15,16). The van der Waals surface area contributed by atoms with Gasteiger partial charge < -0.3 is 5.32 Å². The Labute approximate surface area is 103 Å². The summed E-state index contributed by atoms with van der Waals surface area (Å²) in [7, 11) is 0. The topological polar surface area (TPSA) is 73.6 Å². The molecule has 0 saturated heterocycles. The Kier molecular flexibility index (Phi) is 3.52. The Morgan fingerprint density at radius 1 is 1.41 bits per heavy atom. The van der Waals surface area contributed by atoms with Crippen molar-refractivity contribution in [2.75, 3.05) is 10.6 Å². The first kappa shape index (κ1) is 11.4. The van der Waals surface area contributed by atoms with E-state index in [4.69, 9.17) is 5.26 Å². The lowest BCUT2D eigenvalue weighted by molar-refractivity contribution is 1.03. The molecule has 0 amide bonds. The molecule has 2 rings (SSSR count). The third kappa shape index (κ3) is 3.16. The molecule has 0 spiro atoms. The first-order valence-corrected chi connectivity index (χ1v) is 5.93. The molecule has 0 aliphatic carbocycles. The van der Waals surface area contributed by atoms with E-state index in [0.29, 0.717) is 17.5 Å². The van der Waals surface area contributed by atoms with E-state index >= 15 is 0 Å². The number of nitriles is 1. The van der Waals surface area contributed by atoms with E-state index in [1.807, 2.05) is 17.6 Å². The zero-order valence-corrected chi connectivity index (χ0v) is 10.1. The molecule has 2 N–H and O–H groups in total. The Hall–Kier alpha value is -2.13. The van der Waals surface area contributed by atoms with E-state index < -0.39 is 0 Å². The molecule has 0 aromatic carbocycles. The summed E-state index contributed by atoms with van der Waals surface area (Å²) in [5.41, 5.74) is 0. The van der Waals surface area contributed by atoms with Crippen molar-refractivity contribution >= 4 is 23.0 Å². The molecule has 0 aliphatic rings. The molecule has 0 bridgehead atoms. The van der Waals surface area contributed by atoms with Gasteiger partial charge in [-0.15, -0.1) is 11.3 Å². The van der Waals surface area contributed by atoms with E-state index in [9.17, 15) is 0 Å². The quantitative estimate of drug-likeness (QED) is 0.639. The van der Waals surface area contributed by atoms with E-state index in [0.717, 1.165) is 6.54 Å². The van der Waals surface area contributed by atoms with Crippen molar-refractivity contribution in [3.63, 3.8) is 0 Å². The van der Waals surface area contributed by atoms with Crippen LogP contribution < -0.4 is 10.6 Å². The van der Waals surface area contributed by atoms with Gasteiger partial charge in [0.1, 0.15) is 17.5 Å². The van der Waals surface area contributed by atoms with Crippen LogP contribution in [0, 0.1) is 18.4 Å². The molecule has 0 unspecified atom stereocenters. The van der Waals surface area contributed by atoms with E-state index in [1.54, 1.807) is 24.3 Å². The molecular weight excluding hydrogens is 234 g/mol. The maximum Gasteiger partial charge on any atom is 0.182 e. The summed E-state index contributed by atoms with van der Waals surface area (Å²) >= 11 is 1.69. The third-order valence-corrected chi connectivity index (χ3v) is 2.92. The summed E-state index contributed by atoms with van der Waals surface area (Å²) in [5, 5.41) is 16.3. The van der Waals surface area contributed by atoms with Gasteiger partial charge in [0.15, 0.2) is 6.19 Å². The van der Waals surface area contributed by atoms with Gasteiger partial charge in [0, 0.05) is 10.9 Å². The van der Waals surface area contributed by atoms with Crippen molar-refractivity contribution in [3.05, 3.63) is 34.3 Å². The average Bonchev–Trinajstić information content (AvgIpc) is 2.79. The van der Waals surface area contributed by atoms with Crippen LogP contribution >= 0.6 is 11.3 Å². The SMILES string of the molecule is Cc1nc(NC#N)cc(NCc2cccs2)n1. The minimum atomic E-state index is 0.508. The number of hydrogen-bond acceptors (Lipinski definition) is 6. The predicted octanol–water partition coefficient (Wildman–Crippen LogP) is 2.35. The molecular formula is C11H11N5S. The number of nitrogens with zero attached hydrogens (tertiary/aromatic N) is 3. The second-order valence-electron chi connectivity index (χ2n) is 3.36. The fourth-order valence-corrected chi connectivity index (χ4v) is 2.01. The predicted molar refractivity (Wildman–Crippen MR) is 67.7 cm³/mol. The smallest absolute Gasteiger partial charge is 0.182 e. The van der Waals surface area contributed by atoms with E-state index in [2.05, 4.69) is 26.7 Å². The lowest BCUT2D eigenvalue weighted by Crippen LogP contribution is -2.04. The Bertz CT molecular complexity index is 529.